The molecule has 0 saturated heterocycles. The first-order chi connectivity index (χ1) is 8.24. The van der Waals surface area contributed by atoms with E-state index >= 15 is 0 Å². The molecular formula is C14H18BrNO. The smallest absolute Gasteiger partial charge is 0.220 e. The van der Waals surface area contributed by atoms with Crippen LogP contribution in [-0.2, 0) is 11.2 Å². The zero-order valence-corrected chi connectivity index (χ0v) is 11.5. The summed E-state index contributed by atoms with van der Waals surface area (Å²) in [6.07, 6.45) is 4.76. The molecule has 1 aliphatic carbocycles. The molecular weight excluding hydrogens is 278 g/mol. The third-order valence-electron chi connectivity index (χ3n) is 3.23. The topological polar surface area (TPSA) is 29.1 Å². The van der Waals surface area contributed by atoms with Crippen molar-refractivity contribution in [2.75, 3.05) is 5.33 Å². The van der Waals surface area contributed by atoms with Gasteiger partial charge in [-0.3, -0.25) is 4.79 Å². The number of carbonyl (C=O) groups excluding carboxylic acids is 1. The number of hydrogen-bond acceptors (Lipinski definition) is 1. The van der Waals surface area contributed by atoms with Crippen molar-refractivity contribution in [3.05, 3.63) is 35.9 Å². The molecule has 1 aliphatic rings. The summed E-state index contributed by atoms with van der Waals surface area (Å²) in [5.74, 6) is 0.192. The lowest BCUT2D eigenvalue weighted by molar-refractivity contribution is -0.121. The van der Waals surface area contributed by atoms with Gasteiger partial charge in [0.2, 0.25) is 5.91 Å². The van der Waals surface area contributed by atoms with E-state index in [-0.39, 0.29) is 11.4 Å². The van der Waals surface area contributed by atoms with Gasteiger partial charge in [0.05, 0.1) is 0 Å². The first-order valence-corrected chi connectivity index (χ1v) is 7.27. The fraction of sp³-hybridized carbons (Fsp3) is 0.500. The fourth-order valence-electron chi connectivity index (χ4n) is 1.90. The predicted molar refractivity (Wildman–Crippen MR) is 73.3 cm³/mol. The highest BCUT2D eigenvalue weighted by Gasteiger charge is 2.42. The summed E-state index contributed by atoms with van der Waals surface area (Å²) in [5, 5.41) is 4.00. The molecule has 0 aromatic heterocycles. The van der Waals surface area contributed by atoms with Crippen LogP contribution < -0.4 is 5.32 Å². The first kappa shape index (κ1) is 12.6. The van der Waals surface area contributed by atoms with Crippen LogP contribution in [0.15, 0.2) is 30.3 Å². The van der Waals surface area contributed by atoms with Gasteiger partial charge in [0.15, 0.2) is 0 Å². The van der Waals surface area contributed by atoms with Crippen molar-refractivity contribution in [2.24, 2.45) is 0 Å². The summed E-state index contributed by atoms with van der Waals surface area (Å²) >= 11 is 3.45. The van der Waals surface area contributed by atoms with E-state index in [9.17, 15) is 4.79 Å². The summed E-state index contributed by atoms with van der Waals surface area (Å²) in [5.41, 5.74) is 1.39. The van der Waals surface area contributed by atoms with Crippen LogP contribution in [0.2, 0.25) is 0 Å². The second kappa shape index (κ2) is 5.67. The van der Waals surface area contributed by atoms with Crippen LogP contribution in [0.4, 0.5) is 0 Å². The number of hydrogen-bond donors (Lipinski definition) is 1. The third-order valence-corrected chi connectivity index (χ3v) is 4.30. The van der Waals surface area contributed by atoms with E-state index in [1.165, 1.54) is 5.56 Å². The van der Waals surface area contributed by atoms with E-state index in [0.717, 1.165) is 31.0 Å². The van der Waals surface area contributed by atoms with Gasteiger partial charge >= 0.3 is 0 Å². The number of amides is 1. The number of alkyl halides is 1. The minimum absolute atomic E-state index is 0.0871. The molecule has 0 spiro atoms. The molecule has 1 aromatic carbocycles. The molecule has 1 fully saturated rings. The Morgan fingerprint density at radius 1 is 1.29 bits per heavy atom. The molecule has 1 aromatic rings. The van der Waals surface area contributed by atoms with E-state index in [1.54, 1.807) is 0 Å². The molecule has 1 saturated carbocycles. The Labute approximate surface area is 111 Å². The van der Waals surface area contributed by atoms with Gasteiger partial charge in [0.25, 0.3) is 0 Å². The van der Waals surface area contributed by atoms with Crippen molar-refractivity contribution in [3.8, 4) is 0 Å². The molecule has 3 heteroatoms. The third kappa shape index (κ3) is 3.84. The molecule has 92 valence electrons. The lowest BCUT2D eigenvalue weighted by atomic mass is 10.1. The SMILES string of the molecule is O=C(CCCc1ccccc1)NC1(CBr)CC1. The molecule has 17 heavy (non-hydrogen) atoms. The number of nitrogens with one attached hydrogen (secondary N) is 1. The zero-order valence-electron chi connectivity index (χ0n) is 9.92. The van der Waals surface area contributed by atoms with Crippen LogP contribution in [0.3, 0.4) is 0 Å². The van der Waals surface area contributed by atoms with Crippen molar-refractivity contribution in [2.45, 2.75) is 37.6 Å². The second-order valence-corrected chi connectivity index (χ2v) is 5.36. The normalized spacial score (nSPS) is 16.5. The lowest BCUT2D eigenvalue weighted by Gasteiger charge is -2.13. The van der Waals surface area contributed by atoms with Crippen LogP contribution in [0.25, 0.3) is 0 Å². The average Bonchev–Trinajstić information content (AvgIpc) is 3.11. The maximum atomic E-state index is 11.7. The van der Waals surface area contributed by atoms with Crippen LogP contribution in [0.5, 0.6) is 0 Å². The molecule has 0 bridgehead atoms. The Kier molecular flexibility index (Phi) is 4.21. The van der Waals surface area contributed by atoms with Gasteiger partial charge in [-0.1, -0.05) is 46.3 Å². The quantitative estimate of drug-likeness (QED) is 0.803. The van der Waals surface area contributed by atoms with E-state index < -0.39 is 0 Å². The Morgan fingerprint density at radius 2 is 2.00 bits per heavy atom. The van der Waals surface area contributed by atoms with E-state index in [2.05, 4.69) is 33.4 Å². The predicted octanol–water partition coefficient (Wildman–Crippen LogP) is 3.05. The van der Waals surface area contributed by atoms with Gasteiger partial charge in [-0.15, -0.1) is 0 Å². The molecule has 0 radical (unpaired) electrons. The number of halogens is 1. The zero-order chi connectivity index (χ0) is 12.1. The van der Waals surface area contributed by atoms with Gasteiger partial charge in [-0.05, 0) is 31.2 Å². The minimum Gasteiger partial charge on any atom is -0.350 e. The number of aryl methyl sites for hydroxylation is 1. The molecule has 2 nitrogen and oxygen atoms in total. The Morgan fingerprint density at radius 3 is 2.59 bits per heavy atom. The molecule has 0 heterocycles. The largest absolute Gasteiger partial charge is 0.350 e. The molecule has 0 aliphatic heterocycles. The molecule has 2 rings (SSSR count). The van der Waals surface area contributed by atoms with E-state index in [1.807, 2.05) is 18.2 Å². The summed E-state index contributed by atoms with van der Waals surface area (Å²) < 4.78 is 0. The summed E-state index contributed by atoms with van der Waals surface area (Å²) in [7, 11) is 0. The summed E-state index contributed by atoms with van der Waals surface area (Å²) in [4.78, 5) is 11.7. The van der Waals surface area contributed by atoms with Gasteiger partial charge in [0, 0.05) is 17.3 Å². The van der Waals surface area contributed by atoms with Crippen LogP contribution >= 0.6 is 15.9 Å². The number of benzene rings is 1. The van der Waals surface area contributed by atoms with Crippen molar-refractivity contribution in [1.29, 1.82) is 0 Å². The van der Waals surface area contributed by atoms with Gasteiger partial charge < -0.3 is 5.32 Å². The molecule has 1 amide bonds. The van der Waals surface area contributed by atoms with Crippen molar-refractivity contribution in [3.63, 3.8) is 0 Å². The van der Waals surface area contributed by atoms with Crippen molar-refractivity contribution in [1.82, 2.24) is 5.32 Å². The van der Waals surface area contributed by atoms with Crippen molar-refractivity contribution >= 4 is 21.8 Å². The molecule has 0 unspecified atom stereocenters. The Bertz CT molecular complexity index is 373. The summed E-state index contributed by atoms with van der Waals surface area (Å²) in [6, 6.07) is 10.3. The van der Waals surface area contributed by atoms with Crippen LogP contribution in [0, 0.1) is 0 Å². The maximum absolute atomic E-state index is 11.7. The van der Waals surface area contributed by atoms with Crippen molar-refractivity contribution < 1.29 is 4.79 Å². The second-order valence-electron chi connectivity index (χ2n) is 4.80. The fourth-order valence-corrected chi connectivity index (χ4v) is 2.60. The highest BCUT2D eigenvalue weighted by Crippen LogP contribution is 2.36. The van der Waals surface area contributed by atoms with Crippen LogP contribution in [0.1, 0.15) is 31.2 Å². The van der Waals surface area contributed by atoms with Gasteiger partial charge in [-0.2, -0.15) is 0 Å². The van der Waals surface area contributed by atoms with Gasteiger partial charge in [0.1, 0.15) is 0 Å². The number of rotatable bonds is 6. The van der Waals surface area contributed by atoms with Crippen LogP contribution in [-0.4, -0.2) is 16.8 Å². The monoisotopic (exact) mass is 295 g/mol. The molecule has 1 N–H and O–H groups in total. The minimum atomic E-state index is 0.0871. The summed E-state index contributed by atoms with van der Waals surface area (Å²) in [6.45, 7) is 0. The lowest BCUT2D eigenvalue weighted by Crippen LogP contribution is -2.37. The first-order valence-electron chi connectivity index (χ1n) is 6.15. The number of carbonyl (C=O) groups is 1. The van der Waals surface area contributed by atoms with E-state index in [0.29, 0.717) is 6.42 Å². The maximum Gasteiger partial charge on any atom is 0.220 e. The van der Waals surface area contributed by atoms with E-state index in [4.69, 9.17) is 0 Å². The molecule has 0 atom stereocenters. The average molecular weight is 296 g/mol. The van der Waals surface area contributed by atoms with Gasteiger partial charge in [-0.25, -0.2) is 0 Å². The Hall–Kier alpha value is -0.830. The highest BCUT2D eigenvalue weighted by molar-refractivity contribution is 9.09. The Balaban J connectivity index is 1.67. The highest BCUT2D eigenvalue weighted by atomic mass is 79.9. The standard InChI is InChI=1S/C14H18BrNO/c15-11-14(9-10-14)16-13(17)8-4-7-12-5-2-1-3-6-12/h1-3,5-6H,4,7-11H2,(H,16,17).